The van der Waals surface area contributed by atoms with Gasteiger partial charge in [0.05, 0.1) is 24.2 Å². The number of amides is 1. The van der Waals surface area contributed by atoms with Crippen molar-refractivity contribution in [3.63, 3.8) is 0 Å². The number of allylic oxidation sites excluding steroid dienone is 2. The molecule has 3 aromatic heterocycles. The molecule has 0 saturated heterocycles. The van der Waals surface area contributed by atoms with E-state index in [1.54, 1.807) is 0 Å². The molecule has 0 bridgehead atoms. The minimum absolute atomic E-state index is 0. The number of fused-ring (bicyclic) bond motifs is 1. The number of rotatable bonds is 6. The molecule has 0 spiro atoms. The van der Waals surface area contributed by atoms with Crippen molar-refractivity contribution >= 4 is 18.3 Å². The normalized spacial score (nSPS) is 11.3. The van der Waals surface area contributed by atoms with Crippen LogP contribution in [0.1, 0.15) is 11.8 Å². The Hall–Kier alpha value is -3.95. The summed E-state index contributed by atoms with van der Waals surface area (Å²) < 4.78 is 33.2. The van der Waals surface area contributed by atoms with Crippen molar-refractivity contribution in [2.45, 2.75) is 0 Å². The lowest BCUT2D eigenvalue weighted by Crippen LogP contribution is -2.22. The van der Waals surface area contributed by atoms with Gasteiger partial charge in [-0.1, -0.05) is 6.58 Å². The van der Waals surface area contributed by atoms with Crippen LogP contribution in [-0.4, -0.2) is 32.2 Å². The second-order valence-corrected chi connectivity index (χ2v) is 5.18. The number of carbonyl (C=O) groups is 1. The van der Waals surface area contributed by atoms with Crippen LogP contribution in [0.15, 0.2) is 66.3 Å². The van der Waals surface area contributed by atoms with Crippen LogP contribution in [0, 0.1) is 5.82 Å². The third kappa shape index (κ3) is 4.18. The molecule has 8 nitrogen and oxygen atoms in total. The SMILES string of the molecule is C=N/C(=C\C(=C)F)NC(=O)c1cc(Oc2cncc(F)c2)cn2cnnc12.[HH]. The maximum Gasteiger partial charge on any atom is 0.260 e. The summed E-state index contributed by atoms with van der Waals surface area (Å²) in [5.74, 6) is -1.83. The third-order valence-electron chi connectivity index (χ3n) is 3.23. The van der Waals surface area contributed by atoms with Gasteiger partial charge in [-0.05, 0) is 12.8 Å². The first kappa shape index (κ1) is 17.9. The Labute approximate surface area is 153 Å². The molecule has 0 fully saturated rings. The van der Waals surface area contributed by atoms with Gasteiger partial charge >= 0.3 is 0 Å². The molecule has 10 heteroatoms. The van der Waals surface area contributed by atoms with Crippen LogP contribution in [0.4, 0.5) is 8.78 Å². The highest BCUT2D eigenvalue weighted by Gasteiger charge is 2.16. The average molecular weight is 372 g/mol. The van der Waals surface area contributed by atoms with E-state index in [1.807, 2.05) is 0 Å². The molecule has 0 aliphatic rings. The molecular formula is C17H14F2N6O2. The molecule has 3 aromatic rings. The first-order chi connectivity index (χ1) is 13.0. The predicted molar refractivity (Wildman–Crippen MR) is 94.7 cm³/mol. The van der Waals surface area contributed by atoms with Gasteiger partial charge in [0, 0.05) is 13.6 Å². The van der Waals surface area contributed by atoms with Crippen LogP contribution in [0.25, 0.3) is 5.65 Å². The summed E-state index contributed by atoms with van der Waals surface area (Å²) in [6.07, 6.45) is 6.11. The number of hydrogen-bond donors (Lipinski definition) is 1. The van der Waals surface area contributed by atoms with E-state index in [0.29, 0.717) is 0 Å². The highest BCUT2D eigenvalue weighted by atomic mass is 19.1. The van der Waals surface area contributed by atoms with Crippen molar-refractivity contribution in [3.05, 3.63) is 72.7 Å². The number of carbonyl (C=O) groups excluding carboxylic acids is 1. The number of nitrogens with zero attached hydrogens (tertiary/aromatic N) is 5. The Bertz CT molecular complexity index is 1080. The van der Waals surface area contributed by atoms with Crippen LogP contribution in [-0.2, 0) is 0 Å². The summed E-state index contributed by atoms with van der Waals surface area (Å²) in [5.41, 5.74) is 0.285. The van der Waals surface area contributed by atoms with E-state index in [9.17, 15) is 13.6 Å². The fraction of sp³-hybridized carbons (Fsp3) is 0. The molecule has 0 radical (unpaired) electrons. The molecule has 0 unspecified atom stereocenters. The maximum absolute atomic E-state index is 13.3. The van der Waals surface area contributed by atoms with Crippen LogP contribution in [0.2, 0.25) is 0 Å². The molecule has 3 heterocycles. The smallest absolute Gasteiger partial charge is 0.260 e. The topological polar surface area (TPSA) is 93.8 Å². The number of ether oxygens (including phenoxy) is 1. The summed E-state index contributed by atoms with van der Waals surface area (Å²) in [7, 11) is 0. The van der Waals surface area contributed by atoms with Gasteiger partial charge in [-0.3, -0.25) is 14.2 Å². The standard InChI is InChI=1S/C17H12F2N6O2.H2/c1-10(18)3-15(20-2)23-17(26)14-5-13(8-25-9-22-24-16(14)25)27-12-4-11(19)6-21-7-12;/h3-9H,1-2H2,(H,23,26);1H/b15-3+;. The van der Waals surface area contributed by atoms with Crippen molar-refractivity contribution in [1.82, 2.24) is 24.9 Å². The van der Waals surface area contributed by atoms with Crippen LogP contribution in [0.5, 0.6) is 11.5 Å². The molecule has 138 valence electrons. The molecule has 27 heavy (non-hydrogen) atoms. The van der Waals surface area contributed by atoms with Crippen molar-refractivity contribution < 1.29 is 19.7 Å². The van der Waals surface area contributed by atoms with E-state index < -0.39 is 17.6 Å². The minimum Gasteiger partial charge on any atom is -0.454 e. The van der Waals surface area contributed by atoms with Crippen molar-refractivity contribution in [2.75, 3.05) is 0 Å². The summed E-state index contributed by atoms with van der Waals surface area (Å²) >= 11 is 0. The molecule has 0 atom stereocenters. The molecule has 1 N–H and O–H groups in total. The number of aromatic nitrogens is 4. The molecule has 3 rings (SSSR count). The Morgan fingerprint density at radius 1 is 1.37 bits per heavy atom. The summed E-state index contributed by atoms with van der Waals surface area (Å²) in [4.78, 5) is 19.8. The number of aliphatic imine (C=N–C) groups is 1. The number of pyridine rings is 2. The zero-order valence-corrected chi connectivity index (χ0v) is 13.8. The van der Waals surface area contributed by atoms with Crippen molar-refractivity contribution in [1.29, 1.82) is 0 Å². The predicted octanol–water partition coefficient (Wildman–Crippen LogP) is 3.06. The van der Waals surface area contributed by atoms with E-state index in [0.717, 1.165) is 18.3 Å². The fourth-order valence-corrected chi connectivity index (χ4v) is 2.17. The lowest BCUT2D eigenvalue weighted by atomic mass is 10.2. The summed E-state index contributed by atoms with van der Waals surface area (Å²) in [5, 5.41) is 9.98. The second kappa shape index (κ2) is 7.52. The first-order valence-electron chi connectivity index (χ1n) is 7.42. The highest BCUT2D eigenvalue weighted by Crippen LogP contribution is 2.24. The largest absolute Gasteiger partial charge is 0.454 e. The van der Waals surface area contributed by atoms with Gasteiger partial charge in [-0.2, -0.15) is 0 Å². The molecule has 0 aliphatic heterocycles. The zero-order chi connectivity index (χ0) is 19.4. The van der Waals surface area contributed by atoms with Gasteiger partial charge in [0.25, 0.3) is 5.91 Å². The van der Waals surface area contributed by atoms with E-state index in [2.05, 4.69) is 38.8 Å². The number of hydrogen-bond acceptors (Lipinski definition) is 6. The first-order valence-corrected chi connectivity index (χ1v) is 7.42. The lowest BCUT2D eigenvalue weighted by Gasteiger charge is -2.10. The minimum atomic E-state index is -0.805. The molecule has 0 aromatic carbocycles. The summed E-state index contributed by atoms with van der Waals surface area (Å²) in [6, 6.07) is 2.51. The van der Waals surface area contributed by atoms with E-state index in [1.165, 1.54) is 29.2 Å². The Kier molecular flexibility index (Phi) is 4.97. The molecule has 0 aliphatic carbocycles. The lowest BCUT2D eigenvalue weighted by molar-refractivity contribution is 0.0966. The Balaban J connectivity index is 0.00000280. The van der Waals surface area contributed by atoms with Gasteiger partial charge in [-0.15, -0.1) is 10.2 Å². The number of halogens is 2. The quantitative estimate of drug-likeness (QED) is 0.530. The monoisotopic (exact) mass is 372 g/mol. The van der Waals surface area contributed by atoms with Gasteiger partial charge in [-0.25, -0.2) is 13.8 Å². The summed E-state index contributed by atoms with van der Waals surface area (Å²) in [6.45, 7) is 6.32. The Morgan fingerprint density at radius 2 is 2.19 bits per heavy atom. The van der Waals surface area contributed by atoms with E-state index in [-0.39, 0.29) is 30.0 Å². The van der Waals surface area contributed by atoms with Crippen LogP contribution >= 0.6 is 0 Å². The van der Waals surface area contributed by atoms with Gasteiger partial charge in [0.15, 0.2) is 5.65 Å². The molecule has 0 saturated carbocycles. The number of nitrogens with one attached hydrogen (secondary N) is 1. The van der Waals surface area contributed by atoms with Gasteiger partial charge in [0.2, 0.25) is 0 Å². The highest BCUT2D eigenvalue weighted by molar-refractivity contribution is 6.01. The second-order valence-electron chi connectivity index (χ2n) is 5.18. The maximum atomic E-state index is 13.3. The van der Waals surface area contributed by atoms with Crippen molar-refractivity contribution in [2.24, 2.45) is 4.99 Å². The van der Waals surface area contributed by atoms with Crippen LogP contribution in [0.3, 0.4) is 0 Å². The average Bonchev–Trinajstić information content (AvgIpc) is 3.08. The fourth-order valence-electron chi connectivity index (χ4n) is 2.17. The van der Waals surface area contributed by atoms with E-state index in [4.69, 9.17) is 4.74 Å². The Morgan fingerprint density at radius 3 is 2.89 bits per heavy atom. The molecular weight excluding hydrogens is 358 g/mol. The van der Waals surface area contributed by atoms with E-state index >= 15 is 0 Å². The van der Waals surface area contributed by atoms with Crippen LogP contribution < -0.4 is 10.1 Å². The van der Waals surface area contributed by atoms with Crippen molar-refractivity contribution in [3.8, 4) is 11.5 Å². The third-order valence-corrected chi connectivity index (χ3v) is 3.23. The van der Waals surface area contributed by atoms with Gasteiger partial charge in [0.1, 0.15) is 35.3 Å². The molecule has 1 amide bonds. The zero-order valence-electron chi connectivity index (χ0n) is 13.8. The van der Waals surface area contributed by atoms with Gasteiger partial charge < -0.3 is 10.1 Å².